The molecule has 4 rings (SSSR count). The number of rotatable bonds is 3. The minimum absolute atomic E-state index is 0.114. The van der Waals surface area contributed by atoms with Crippen molar-refractivity contribution in [3.63, 3.8) is 0 Å². The molecular formula is C18H15BrClF2N3O. The number of fused-ring (bicyclic) bond motifs is 1. The maximum absolute atomic E-state index is 14.6. The Kier molecular flexibility index (Phi) is 4.96. The Hall–Kier alpha value is -1.54. The quantitative estimate of drug-likeness (QED) is 0.654. The van der Waals surface area contributed by atoms with Crippen molar-refractivity contribution in [2.45, 2.75) is 12.6 Å². The van der Waals surface area contributed by atoms with Gasteiger partial charge in [0.1, 0.15) is 17.5 Å². The van der Waals surface area contributed by atoms with Gasteiger partial charge in [0, 0.05) is 22.6 Å². The highest BCUT2D eigenvalue weighted by molar-refractivity contribution is 9.10. The summed E-state index contributed by atoms with van der Waals surface area (Å²) >= 11 is 9.17. The molecule has 1 aliphatic heterocycles. The van der Waals surface area contributed by atoms with Crippen molar-refractivity contribution in [2.24, 2.45) is 0 Å². The zero-order chi connectivity index (χ0) is 18.3. The van der Waals surface area contributed by atoms with Crippen LogP contribution in [0, 0.1) is 11.6 Å². The van der Waals surface area contributed by atoms with E-state index in [9.17, 15) is 8.78 Å². The molecule has 1 unspecified atom stereocenters. The third-order valence-corrected chi connectivity index (χ3v) is 5.02. The molecule has 1 fully saturated rings. The molecule has 26 heavy (non-hydrogen) atoms. The number of imidazole rings is 1. The van der Waals surface area contributed by atoms with E-state index in [0.29, 0.717) is 34.7 Å². The van der Waals surface area contributed by atoms with Gasteiger partial charge in [-0.1, -0.05) is 27.5 Å². The van der Waals surface area contributed by atoms with Crippen molar-refractivity contribution in [1.82, 2.24) is 14.9 Å². The lowest BCUT2D eigenvalue weighted by Gasteiger charge is -2.25. The molecule has 0 spiro atoms. The second-order valence-corrected chi connectivity index (χ2v) is 7.47. The zero-order valence-electron chi connectivity index (χ0n) is 13.6. The summed E-state index contributed by atoms with van der Waals surface area (Å²) in [6.07, 6.45) is -0.114. The molecule has 1 N–H and O–H groups in total. The fraction of sp³-hybridized carbons (Fsp3) is 0.278. The predicted octanol–water partition coefficient (Wildman–Crippen LogP) is 4.39. The number of aromatic nitrogens is 2. The van der Waals surface area contributed by atoms with Gasteiger partial charge in [-0.25, -0.2) is 13.8 Å². The number of morpholine rings is 1. The Morgan fingerprint density at radius 3 is 2.73 bits per heavy atom. The van der Waals surface area contributed by atoms with Gasteiger partial charge in [-0.15, -0.1) is 0 Å². The SMILES string of the molecule is Fc1cc(Br)cc(F)c1-c1nc2cc(Cl)ccc2n1CC1CNCCO1. The highest BCUT2D eigenvalue weighted by Gasteiger charge is 2.23. The molecule has 0 saturated carbocycles. The summed E-state index contributed by atoms with van der Waals surface area (Å²) in [4.78, 5) is 4.47. The fourth-order valence-electron chi connectivity index (χ4n) is 3.18. The van der Waals surface area contributed by atoms with Crippen LogP contribution in [-0.2, 0) is 11.3 Å². The number of nitrogens with one attached hydrogen (secondary N) is 1. The lowest BCUT2D eigenvalue weighted by Crippen LogP contribution is -2.40. The molecule has 4 nitrogen and oxygen atoms in total. The Bertz CT molecular complexity index is 949. The number of benzene rings is 2. The minimum atomic E-state index is -0.679. The molecule has 8 heteroatoms. The van der Waals surface area contributed by atoms with E-state index in [0.717, 1.165) is 12.1 Å². The summed E-state index contributed by atoms with van der Waals surface area (Å²) in [5, 5.41) is 3.77. The zero-order valence-corrected chi connectivity index (χ0v) is 15.9. The van der Waals surface area contributed by atoms with Crippen LogP contribution in [-0.4, -0.2) is 35.4 Å². The monoisotopic (exact) mass is 441 g/mol. The van der Waals surface area contributed by atoms with Gasteiger partial charge in [0.15, 0.2) is 0 Å². The van der Waals surface area contributed by atoms with Gasteiger partial charge in [0.25, 0.3) is 0 Å². The number of ether oxygens (including phenoxy) is 1. The second-order valence-electron chi connectivity index (χ2n) is 6.12. The lowest BCUT2D eigenvalue weighted by molar-refractivity contribution is 0.0191. The Morgan fingerprint density at radius 2 is 2.04 bits per heavy atom. The van der Waals surface area contributed by atoms with Crippen LogP contribution in [0.15, 0.2) is 34.8 Å². The van der Waals surface area contributed by atoms with E-state index in [-0.39, 0.29) is 17.5 Å². The number of nitrogens with zero attached hydrogens (tertiary/aromatic N) is 2. The first-order valence-corrected chi connectivity index (χ1v) is 9.33. The van der Waals surface area contributed by atoms with Crippen LogP contribution in [0.25, 0.3) is 22.4 Å². The highest BCUT2D eigenvalue weighted by atomic mass is 79.9. The van der Waals surface area contributed by atoms with E-state index in [2.05, 4.69) is 26.2 Å². The minimum Gasteiger partial charge on any atom is -0.374 e. The van der Waals surface area contributed by atoms with E-state index in [1.165, 1.54) is 12.1 Å². The summed E-state index contributed by atoms with van der Waals surface area (Å²) in [5.41, 5.74) is 1.17. The second kappa shape index (κ2) is 7.23. The first kappa shape index (κ1) is 17.9. The van der Waals surface area contributed by atoms with Crippen LogP contribution in [0.3, 0.4) is 0 Å². The van der Waals surface area contributed by atoms with Gasteiger partial charge in [0.05, 0.1) is 35.9 Å². The van der Waals surface area contributed by atoms with Crippen molar-refractivity contribution in [3.05, 3.63) is 51.5 Å². The molecule has 0 aliphatic carbocycles. The molecule has 2 heterocycles. The predicted molar refractivity (Wildman–Crippen MR) is 100 cm³/mol. The van der Waals surface area contributed by atoms with Crippen molar-refractivity contribution in [3.8, 4) is 11.4 Å². The van der Waals surface area contributed by atoms with Crippen molar-refractivity contribution >= 4 is 38.6 Å². The highest BCUT2D eigenvalue weighted by Crippen LogP contribution is 2.32. The largest absolute Gasteiger partial charge is 0.374 e. The molecule has 2 aromatic carbocycles. The summed E-state index contributed by atoms with van der Waals surface area (Å²) in [6.45, 7) is 2.48. The van der Waals surface area contributed by atoms with E-state index in [1.807, 2.05) is 0 Å². The molecule has 0 bridgehead atoms. The van der Waals surface area contributed by atoms with E-state index in [4.69, 9.17) is 16.3 Å². The van der Waals surface area contributed by atoms with Crippen LogP contribution in [0.4, 0.5) is 8.78 Å². The van der Waals surface area contributed by atoms with Gasteiger partial charge in [-0.3, -0.25) is 0 Å². The molecule has 0 amide bonds. The summed E-state index contributed by atoms with van der Waals surface area (Å²) in [6, 6.07) is 7.69. The lowest BCUT2D eigenvalue weighted by atomic mass is 10.1. The molecule has 3 aromatic rings. The Balaban J connectivity index is 1.89. The Morgan fingerprint density at radius 1 is 1.27 bits per heavy atom. The third-order valence-electron chi connectivity index (χ3n) is 4.33. The van der Waals surface area contributed by atoms with Gasteiger partial charge in [-0.2, -0.15) is 0 Å². The smallest absolute Gasteiger partial charge is 0.147 e. The van der Waals surface area contributed by atoms with Gasteiger partial charge in [-0.05, 0) is 30.3 Å². The van der Waals surface area contributed by atoms with Gasteiger partial charge < -0.3 is 14.6 Å². The van der Waals surface area contributed by atoms with Crippen LogP contribution in [0.2, 0.25) is 5.02 Å². The average Bonchev–Trinajstić information content (AvgIpc) is 2.92. The average molecular weight is 443 g/mol. The summed E-state index contributed by atoms with van der Waals surface area (Å²) in [7, 11) is 0. The number of halogens is 4. The molecule has 1 aromatic heterocycles. The molecule has 136 valence electrons. The Labute approximate surface area is 162 Å². The van der Waals surface area contributed by atoms with Crippen LogP contribution < -0.4 is 5.32 Å². The van der Waals surface area contributed by atoms with Crippen molar-refractivity contribution in [1.29, 1.82) is 0 Å². The summed E-state index contributed by atoms with van der Waals surface area (Å²) < 4.78 is 37.0. The number of hydrogen-bond acceptors (Lipinski definition) is 3. The van der Waals surface area contributed by atoms with Crippen LogP contribution >= 0.6 is 27.5 Å². The maximum atomic E-state index is 14.6. The van der Waals surface area contributed by atoms with E-state index >= 15 is 0 Å². The van der Waals surface area contributed by atoms with Crippen molar-refractivity contribution < 1.29 is 13.5 Å². The first-order valence-electron chi connectivity index (χ1n) is 8.16. The van der Waals surface area contributed by atoms with Crippen molar-refractivity contribution in [2.75, 3.05) is 19.7 Å². The topological polar surface area (TPSA) is 39.1 Å². The number of hydrogen-bond donors (Lipinski definition) is 1. The van der Waals surface area contributed by atoms with E-state index < -0.39 is 11.6 Å². The fourth-order valence-corrected chi connectivity index (χ4v) is 3.74. The molecule has 1 aliphatic rings. The molecule has 1 saturated heterocycles. The van der Waals surface area contributed by atoms with Gasteiger partial charge >= 0.3 is 0 Å². The molecule has 0 radical (unpaired) electrons. The normalized spacial score (nSPS) is 17.8. The molecule has 1 atom stereocenters. The van der Waals surface area contributed by atoms with Crippen LogP contribution in [0.5, 0.6) is 0 Å². The molecular weight excluding hydrogens is 428 g/mol. The van der Waals surface area contributed by atoms with E-state index in [1.54, 1.807) is 22.8 Å². The van der Waals surface area contributed by atoms with Crippen LogP contribution in [0.1, 0.15) is 0 Å². The standard InChI is InChI=1S/C18H15BrClF2N3O/c19-10-5-13(21)17(14(22)6-10)18-24-15-7-11(20)1-2-16(15)25(18)9-12-8-23-3-4-26-12/h1-2,5-7,12,23H,3-4,8-9H2. The summed E-state index contributed by atoms with van der Waals surface area (Å²) in [5.74, 6) is -1.14. The first-order chi connectivity index (χ1) is 12.5. The maximum Gasteiger partial charge on any atom is 0.147 e. The third kappa shape index (κ3) is 3.36. The van der Waals surface area contributed by atoms with Gasteiger partial charge in [0.2, 0.25) is 0 Å².